The van der Waals surface area contributed by atoms with Crippen LogP contribution in [-0.4, -0.2) is 54.5 Å². The summed E-state index contributed by atoms with van der Waals surface area (Å²) in [5, 5.41) is 0. The predicted octanol–water partition coefficient (Wildman–Crippen LogP) is 0.231. The van der Waals surface area contributed by atoms with Crippen LogP contribution >= 0.6 is 11.8 Å². The van der Waals surface area contributed by atoms with Crippen LogP contribution < -0.4 is 5.73 Å². The number of nitrogens with two attached hydrogens (primary N) is 1. The molecule has 0 aromatic rings. The first kappa shape index (κ1) is 14.3. The maximum absolute atomic E-state index is 12.1. The van der Waals surface area contributed by atoms with Gasteiger partial charge < -0.3 is 15.4 Å². The van der Waals surface area contributed by atoms with Crippen molar-refractivity contribution in [3.05, 3.63) is 0 Å². The first-order chi connectivity index (χ1) is 8.11. The van der Waals surface area contributed by atoms with Crippen LogP contribution in [0.3, 0.4) is 0 Å². The van der Waals surface area contributed by atoms with E-state index in [1.54, 1.807) is 16.7 Å². The van der Waals surface area contributed by atoms with Gasteiger partial charge in [-0.15, -0.1) is 0 Å². The fourth-order valence-electron chi connectivity index (χ4n) is 1.99. The van der Waals surface area contributed by atoms with Gasteiger partial charge in [0.1, 0.15) is 6.04 Å². The van der Waals surface area contributed by atoms with E-state index in [9.17, 15) is 9.59 Å². The van der Waals surface area contributed by atoms with Crippen LogP contribution in [0.25, 0.3) is 0 Å². The highest BCUT2D eigenvalue weighted by Crippen LogP contribution is 2.19. The number of methoxy groups -OCH3 is 1. The van der Waals surface area contributed by atoms with Gasteiger partial charge in [-0.2, -0.15) is 11.8 Å². The lowest BCUT2D eigenvalue weighted by atomic mass is 10.2. The van der Waals surface area contributed by atoms with Crippen molar-refractivity contribution in [3.63, 3.8) is 0 Å². The molecule has 2 N–H and O–H groups in total. The molecule has 1 heterocycles. The third-order valence-electron chi connectivity index (χ3n) is 2.96. The smallest absolute Gasteiger partial charge is 0.328 e. The van der Waals surface area contributed by atoms with Crippen molar-refractivity contribution in [3.8, 4) is 0 Å². The average molecular weight is 260 g/mol. The molecule has 0 bridgehead atoms. The number of rotatable bonds is 5. The number of carbonyl (C=O) groups is 2. The number of esters is 1. The number of hydrogen-bond acceptors (Lipinski definition) is 5. The fraction of sp³-hybridized carbons (Fsp3) is 0.818. The second-order valence-corrected chi connectivity index (χ2v) is 5.09. The van der Waals surface area contributed by atoms with Gasteiger partial charge >= 0.3 is 5.97 Å². The largest absolute Gasteiger partial charge is 0.467 e. The number of likely N-dealkylation sites (tertiary alicyclic amines) is 1. The lowest BCUT2D eigenvalue weighted by molar-refractivity contribution is -0.151. The summed E-state index contributed by atoms with van der Waals surface area (Å²) in [7, 11) is 1.34. The number of thioether (sulfide) groups is 1. The van der Waals surface area contributed by atoms with Crippen molar-refractivity contribution >= 4 is 23.6 Å². The molecule has 1 aliphatic rings. The van der Waals surface area contributed by atoms with E-state index in [1.807, 2.05) is 6.26 Å². The van der Waals surface area contributed by atoms with E-state index in [2.05, 4.69) is 0 Å². The van der Waals surface area contributed by atoms with Gasteiger partial charge in [0.05, 0.1) is 13.2 Å². The summed E-state index contributed by atoms with van der Waals surface area (Å²) in [5.74, 6) is 0.378. The Morgan fingerprint density at radius 2 is 2.29 bits per heavy atom. The number of hydrogen-bond donors (Lipinski definition) is 1. The number of ether oxygens (including phenoxy) is 1. The highest BCUT2D eigenvalue weighted by atomic mass is 32.2. The Hall–Kier alpha value is -0.750. The first-order valence-electron chi connectivity index (χ1n) is 5.74. The summed E-state index contributed by atoms with van der Waals surface area (Å²) in [5.41, 5.74) is 5.83. The Labute approximate surface area is 106 Å². The molecule has 2 atom stereocenters. The van der Waals surface area contributed by atoms with Crippen LogP contribution in [0.1, 0.15) is 19.3 Å². The molecule has 1 rings (SSSR count). The third-order valence-corrected chi connectivity index (χ3v) is 3.60. The van der Waals surface area contributed by atoms with Gasteiger partial charge in [0.25, 0.3) is 0 Å². The molecule has 0 aromatic carbocycles. The topological polar surface area (TPSA) is 72.6 Å². The predicted molar refractivity (Wildman–Crippen MR) is 67.7 cm³/mol. The molecule has 0 saturated carbocycles. The zero-order valence-electron chi connectivity index (χ0n) is 10.3. The summed E-state index contributed by atoms with van der Waals surface area (Å²) >= 11 is 1.66. The van der Waals surface area contributed by atoms with E-state index in [1.165, 1.54) is 7.11 Å². The molecule has 98 valence electrons. The van der Waals surface area contributed by atoms with Crippen molar-refractivity contribution in [2.75, 3.05) is 25.7 Å². The van der Waals surface area contributed by atoms with Gasteiger partial charge in [0, 0.05) is 6.54 Å². The van der Waals surface area contributed by atoms with Gasteiger partial charge in [-0.05, 0) is 31.3 Å². The lowest BCUT2D eigenvalue weighted by Crippen LogP contribution is -2.48. The molecule has 1 aliphatic heterocycles. The third kappa shape index (κ3) is 3.61. The molecule has 0 radical (unpaired) electrons. The molecular formula is C11H20N2O3S. The van der Waals surface area contributed by atoms with Crippen molar-refractivity contribution in [1.29, 1.82) is 0 Å². The molecule has 0 aromatic heterocycles. The van der Waals surface area contributed by atoms with E-state index in [0.717, 1.165) is 12.2 Å². The molecule has 0 spiro atoms. The zero-order valence-corrected chi connectivity index (χ0v) is 11.2. The Bertz CT molecular complexity index is 286. The highest BCUT2D eigenvalue weighted by molar-refractivity contribution is 7.98. The van der Waals surface area contributed by atoms with Crippen molar-refractivity contribution in [1.82, 2.24) is 4.90 Å². The average Bonchev–Trinajstić information content (AvgIpc) is 2.82. The fourth-order valence-corrected chi connectivity index (χ4v) is 2.48. The zero-order chi connectivity index (χ0) is 12.8. The molecule has 6 heteroatoms. The summed E-state index contributed by atoms with van der Waals surface area (Å²) < 4.78 is 4.70. The van der Waals surface area contributed by atoms with Gasteiger partial charge in [0.15, 0.2) is 0 Å². The van der Waals surface area contributed by atoms with E-state index in [-0.39, 0.29) is 11.9 Å². The van der Waals surface area contributed by atoms with Gasteiger partial charge in [0.2, 0.25) is 5.91 Å². The van der Waals surface area contributed by atoms with Crippen molar-refractivity contribution in [2.45, 2.75) is 31.3 Å². The van der Waals surface area contributed by atoms with Gasteiger partial charge in [-0.3, -0.25) is 4.79 Å². The Morgan fingerprint density at radius 3 is 2.88 bits per heavy atom. The molecule has 0 aliphatic carbocycles. The monoisotopic (exact) mass is 260 g/mol. The van der Waals surface area contributed by atoms with Gasteiger partial charge in [-0.25, -0.2) is 4.79 Å². The minimum atomic E-state index is -0.507. The van der Waals surface area contributed by atoms with Crippen LogP contribution in [0.15, 0.2) is 0 Å². The Balaban J connectivity index is 2.58. The molecule has 1 unspecified atom stereocenters. The second kappa shape index (κ2) is 6.86. The van der Waals surface area contributed by atoms with E-state index in [0.29, 0.717) is 19.4 Å². The van der Waals surface area contributed by atoms with E-state index >= 15 is 0 Å². The molecular weight excluding hydrogens is 240 g/mol. The van der Waals surface area contributed by atoms with Crippen molar-refractivity contribution in [2.24, 2.45) is 5.73 Å². The van der Waals surface area contributed by atoms with Crippen LogP contribution in [0.5, 0.6) is 0 Å². The first-order valence-corrected chi connectivity index (χ1v) is 7.14. The normalized spacial score (nSPS) is 21.4. The molecule has 1 fully saturated rings. The van der Waals surface area contributed by atoms with Crippen LogP contribution in [0.4, 0.5) is 0 Å². The minimum Gasteiger partial charge on any atom is -0.467 e. The maximum atomic E-state index is 12.1. The molecule has 5 nitrogen and oxygen atoms in total. The highest BCUT2D eigenvalue weighted by Gasteiger charge is 2.36. The summed E-state index contributed by atoms with van der Waals surface area (Å²) in [6.07, 6.45) is 4.13. The minimum absolute atomic E-state index is 0.132. The van der Waals surface area contributed by atoms with E-state index in [4.69, 9.17) is 10.5 Å². The SMILES string of the molecule is COC(=O)C1CCCN1C(=O)[C@@H](N)CCSC. The van der Waals surface area contributed by atoms with Crippen LogP contribution in [-0.2, 0) is 14.3 Å². The van der Waals surface area contributed by atoms with Gasteiger partial charge in [-0.1, -0.05) is 0 Å². The Kier molecular flexibility index (Phi) is 5.77. The number of amides is 1. The number of nitrogens with zero attached hydrogens (tertiary/aromatic N) is 1. The lowest BCUT2D eigenvalue weighted by Gasteiger charge is -2.25. The molecule has 1 amide bonds. The van der Waals surface area contributed by atoms with Crippen LogP contribution in [0, 0.1) is 0 Å². The van der Waals surface area contributed by atoms with Crippen molar-refractivity contribution < 1.29 is 14.3 Å². The number of carbonyl (C=O) groups excluding carboxylic acids is 2. The summed E-state index contributed by atoms with van der Waals surface area (Å²) in [6.45, 7) is 0.603. The molecule has 1 saturated heterocycles. The van der Waals surface area contributed by atoms with Crippen LogP contribution in [0.2, 0.25) is 0 Å². The quantitative estimate of drug-likeness (QED) is 0.716. The summed E-state index contributed by atoms with van der Waals surface area (Å²) in [4.78, 5) is 25.1. The molecule has 17 heavy (non-hydrogen) atoms. The second-order valence-electron chi connectivity index (χ2n) is 4.10. The van der Waals surface area contributed by atoms with E-state index < -0.39 is 12.1 Å². The Morgan fingerprint density at radius 1 is 1.59 bits per heavy atom. The standard InChI is InChI=1S/C11H20N2O3S/c1-16-11(15)9-4-3-6-13(9)10(14)8(12)5-7-17-2/h8-9H,3-7,12H2,1-2H3/t8-,9?/m0/s1. The summed E-state index contributed by atoms with van der Waals surface area (Å²) in [6, 6.07) is -0.944. The maximum Gasteiger partial charge on any atom is 0.328 e.